The molecule has 1 heterocycles. The summed E-state index contributed by atoms with van der Waals surface area (Å²) in [5.74, 6) is 0.156. The standard InChI is InChI=1S/C18H15NO3/c1-2-18(20)22-19-15-12-17(13-8-4-3-5-9-13)21-16-11-7-6-10-14(15)16/h2-11,17H,1,12H2/b19-15+. The molecule has 1 aliphatic rings. The minimum absolute atomic E-state index is 0.155. The quantitative estimate of drug-likeness (QED) is 0.493. The number of hydrogen-bond donors (Lipinski definition) is 0. The van der Waals surface area contributed by atoms with Crippen LogP contribution >= 0.6 is 0 Å². The molecular weight excluding hydrogens is 278 g/mol. The van der Waals surface area contributed by atoms with Crippen molar-refractivity contribution < 1.29 is 14.4 Å². The van der Waals surface area contributed by atoms with Crippen molar-refractivity contribution in [2.24, 2.45) is 5.16 Å². The van der Waals surface area contributed by atoms with Gasteiger partial charge in [-0.2, -0.15) is 0 Å². The van der Waals surface area contributed by atoms with Crippen LogP contribution in [0, 0.1) is 0 Å². The Bertz CT molecular complexity index is 722. The molecule has 0 saturated heterocycles. The van der Waals surface area contributed by atoms with E-state index >= 15 is 0 Å². The van der Waals surface area contributed by atoms with E-state index in [4.69, 9.17) is 9.57 Å². The number of oxime groups is 1. The van der Waals surface area contributed by atoms with Crippen LogP contribution < -0.4 is 4.74 Å². The zero-order valence-electron chi connectivity index (χ0n) is 11.9. The van der Waals surface area contributed by atoms with Crippen molar-refractivity contribution in [3.63, 3.8) is 0 Å². The van der Waals surface area contributed by atoms with Crippen molar-refractivity contribution in [2.75, 3.05) is 0 Å². The lowest BCUT2D eigenvalue weighted by molar-refractivity contribution is -0.137. The van der Waals surface area contributed by atoms with Gasteiger partial charge in [-0.1, -0.05) is 54.2 Å². The molecule has 1 atom stereocenters. The van der Waals surface area contributed by atoms with Gasteiger partial charge in [0.2, 0.25) is 0 Å². The summed E-state index contributed by atoms with van der Waals surface area (Å²) < 4.78 is 6.04. The van der Waals surface area contributed by atoms with E-state index in [0.717, 1.165) is 23.0 Å². The molecule has 0 aliphatic carbocycles. The molecule has 0 radical (unpaired) electrons. The Kier molecular flexibility index (Phi) is 4.01. The van der Waals surface area contributed by atoms with Crippen molar-refractivity contribution in [1.29, 1.82) is 0 Å². The molecule has 0 fully saturated rings. The van der Waals surface area contributed by atoms with Crippen LogP contribution in [-0.4, -0.2) is 11.7 Å². The van der Waals surface area contributed by atoms with Crippen LogP contribution in [0.15, 0.2) is 72.4 Å². The number of benzene rings is 2. The van der Waals surface area contributed by atoms with E-state index in [1.165, 1.54) is 0 Å². The molecule has 1 unspecified atom stereocenters. The first-order valence-electron chi connectivity index (χ1n) is 6.99. The maximum Gasteiger partial charge on any atom is 0.358 e. The van der Waals surface area contributed by atoms with Gasteiger partial charge in [0.1, 0.15) is 11.9 Å². The molecule has 2 aromatic rings. The van der Waals surface area contributed by atoms with Crippen LogP contribution in [-0.2, 0) is 9.63 Å². The van der Waals surface area contributed by atoms with Gasteiger partial charge in [0.05, 0.1) is 5.71 Å². The van der Waals surface area contributed by atoms with Gasteiger partial charge in [-0.05, 0) is 17.7 Å². The van der Waals surface area contributed by atoms with E-state index in [-0.39, 0.29) is 6.10 Å². The van der Waals surface area contributed by atoms with E-state index in [9.17, 15) is 4.79 Å². The summed E-state index contributed by atoms with van der Waals surface area (Å²) in [6.07, 6.45) is 1.47. The maximum absolute atomic E-state index is 11.2. The summed E-state index contributed by atoms with van der Waals surface area (Å²) in [5.41, 5.74) is 2.58. The van der Waals surface area contributed by atoms with Gasteiger partial charge >= 0.3 is 5.97 Å². The van der Waals surface area contributed by atoms with E-state index in [2.05, 4.69) is 11.7 Å². The fourth-order valence-corrected chi connectivity index (χ4v) is 2.37. The monoisotopic (exact) mass is 293 g/mol. The first-order chi connectivity index (χ1) is 10.8. The van der Waals surface area contributed by atoms with Gasteiger partial charge in [0.15, 0.2) is 0 Å². The highest BCUT2D eigenvalue weighted by atomic mass is 16.7. The maximum atomic E-state index is 11.2. The summed E-state index contributed by atoms with van der Waals surface area (Å²) in [4.78, 5) is 16.1. The zero-order chi connectivity index (χ0) is 15.4. The highest BCUT2D eigenvalue weighted by Crippen LogP contribution is 2.35. The first-order valence-corrected chi connectivity index (χ1v) is 6.99. The molecule has 22 heavy (non-hydrogen) atoms. The summed E-state index contributed by atoms with van der Waals surface area (Å²) >= 11 is 0. The van der Waals surface area contributed by atoms with Crippen LogP contribution in [0.1, 0.15) is 23.7 Å². The van der Waals surface area contributed by atoms with Gasteiger partial charge in [-0.3, -0.25) is 0 Å². The Balaban J connectivity index is 1.94. The molecule has 0 bridgehead atoms. The van der Waals surface area contributed by atoms with Crippen molar-refractivity contribution in [3.8, 4) is 5.75 Å². The minimum atomic E-state index is -0.576. The number of hydrogen-bond acceptors (Lipinski definition) is 4. The number of rotatable bonds is 3. The third-order valence-corrected chi connectivity index (χ3v) is 3.43. The van der Waals surface area contributed by atoms with Crippen molar-refractivity contribution in [3.05, 3.63) is 78.4 Å². The fraction of sp³-hybridized carbons (Fsp3) is 0.111. The summed E-state index contributed by atoms with van der Waals surface area (Å²) in [6.45, 7) is 3.36. The van der Waals surface area contributed by atoms with Gasteiger partial charge in [-0.15, -0.1) is 0 Å². The summed E-state index contributed by atoms with van der Waals surface area (Å²) in [5, 5.41) is 3.99. The molecule has 0 saturated carbocycles. The highest BCUT2D eigenvalue weighted by molar-refractivity contribution is 6.04. The van der Waals surface area contributed by atoms with Crippen LogP contribution in [0.25, 0.3) is 0 Å². The molecule has 2 aromatic carbocycles. The van der Waals surface area contributed by atoms with Crippen LogP contribution in [0.5, 0.6) is 5.75 Å². The highest BCUT2D eigenvalue weighted by Gasteiger charge is 2.26. The fourth-order valence-electron chi connectivity index (χ4n) is 2.37. The molecular formula is C18H15NO3. The summed E-state index contributed by atoms with van der Waals surface area (Å²) in [7, 11) is 0. The normalized spacial score (nSPS) is 18.2. The third kappa shape index (κ3) is 2.91. The van der Waals surface area contributed by atoms with Gasteiger partial charge < -0.3 is 9.57 Å². The lowest BCUT2D eigenvalue weighted by Crippen LogP contribution is -2.21. The molecule has 0 spiro atoms. The number of carbonyl (C=O) groups excluding carboxylic acids is 1. The average molecular weight is 293 g/mol. The van der Waals surface area contributed by atoms with Gasteiger partial charge in [0.25, 0.3) is 0 Å². The predicted octanol–water partition coefficient (Wildman–Crippen LogP) is 3.64. The van der Waals surface area contributed by atoms with Crippen LogP contribution in [0.4, 0.5) is 0 Å². The molecule has 0 N–H and O–H groups in total. The largest absolute Gasteiger partial charge is 0.485 e. The van der Waals surface area contributed by atoms with Crippen LogP contribution in [0.2, 0.25) is 0 Å². The second-order valence-electron chi connectivity index (χ2n) is 4.87. The Hall–Kier alpha value is -2.88. The number of nitrogens with zero attached hydrogens (tertiary/aromatic N) is 1. The predicted molar refractivity (Wildman–Crippen MR) is 83.7 cm³/mol. The van der Waals surface area contributed by atoms with Crippen molar-refractivity contribution in [2.45, 2.75) is 12.5 Å². The minimum Gasteiger partial charge on any atom is -0.485 e. The van der Waals surface area contributed by atoms with E-state index in [1.54, 1.807) is 0 Å². The summed E-state index contributed by atoms with van der Waals surface area (Å²) in [6, 6.07) is 17.5. The van der Waals surface area contributed by atoms with Gasteiger partial charge in [-0.25, -0.2) is 4.79 Å². The van der Waals surface area contributed by atoms with Crippen molar-refractivity contribution >= 4 is 11.7 Å². The Morgan fingerprint density at radius 3 is 2.68 bits per heavy atom. The molecule has 0 amide bonds. The average Bonchev–Trinajstić information content (AvgIpc) is 2.59. The number of ether oxygens (including phenoxy) is 1. The lowest BCUT2D eigenvalue weighted by atomic mass is 9.96. The number of fused-ring (bicyclic) bond motifs is 1. The molecule has 1 aliphatic heterocycles. The second kappa shape index (κ2) is 6.26. The van der Waals surface area contributed by atoms with E-state index in [1.807, 2.05) is 54.6 Å². The smallest absolute Gasteiger partial charge is 0.358 e. The second-order valence-corrected chi connectivity index (χ2v) is 4.87. The van der Waals surface area contributed by atoms with E-state index in [0.29, 0.717) is 12.1 Å². The SMILES string of the molecule is C=CC(=O)O/N=C1\CC(c2ccccc2)Oc2ccccc21. The first kappa shape index (κ1) is 14.1. The molecule has 3 rings (SSSR count). The number of carbonyl (C=O) groups is 1. The van der Waals surface area contributed by atoms with Gasteiger partial charge in [0, 0.05) is 18.1 Å². The van der Waals surface area contributed by atoms with Crippen LogP contribution in [0.3, 0.4) is 0 Å². The zero-order valence-corrected chi connectivity index (χ0v) is 11.9. The molecule has 4 heteroatoms. The third-order valence-electron chi connectivity index (χ3n) is 3.43. The molecule has 4 nitrogen and oxygen atoms in total. The Morgan fingerprint density at radius 2 is 1.91 bits per heavy atom. The molecule has 0 aromatic heterocycles. The van der Waals surface area contributed by atoms with E-state index < -0.39 is 5.97 Å². The lowest BCUT2D eigenvalue weighted by Gasteiger charge is -2.27. The topological polar surface area (TPSA) is 47.9 Å². The van der Waals surface area contributed by atoms with Crippen molar-refractivity contribution in [1.82, 2.24) is 0 Å². The Labute approximate surface area is 128 Å². The Morgan fingerprint density at radius 1 is 1.18 bits per heavy atom. The number of para-hydroxylation sites is 1. The molecule has 110 valence electrons.